The maximum atomic E-state index is 4.47. The monoisotopic (exact) mass is 440 g/mol. The third kappa shape index (κ3) is 4.90. The second kappa shape index (κ2) is 10.1. The Hall–Kier alpha value is -3.27. The van der Waals surface area contributed by atoms with Crippen molar-refractivity contribution in [3.63, 3.8) is 0 Å². The van der Waals surface area contributed by atoms with Crippen LogP contribution in [0.1, 0.15) is 44.7 Å². The van der Waals surface area contributed by atoms with Crippen molar-refractivity contribution in [2.24, 2.45) is 11.8 Å². The normalized spacial score (nSPS) is 22.9. The largest absolute Gasteiger partial charge is 0.384 e. The van der Waals surface area contributed by atoms with E-state index < -0.39 is 0 Å². The minimum atomic E-state index is 0.403. The van der Waals surface area contributed by atoms with E-state index in [0.29, 0.717) is 17.9 Å². The number of hydrogen-bond donors (Lipinski definition) is 2. The molecule has 0 aromatic carbocycles. The zero-order chi connectivity index (χ0) is 23.4. The highest BCUT2D eigenvalue weighted by Crippen LogP contribution is 2.34. The second-order valence-electron chi connectivity index (χ2n) is 9.12. The van der Waals surface area contributed by atoms with Gasteiger partial charge in [0.25, 0.3) is 0 Å². The summed E-state index contributed by atoms with van der Waals surface area (Å²) in [6.07, 6.45) is 23.5. The Morgan fingerprint density at radius 1 is 1.30 bits per heavy atom. The Morgan fingerprint density at radius 3 is 2.88 bits per heavy atom. The molecule has 3 unspecified atom stereocenters. The second-order valence-corrected chi connectivity index (χ2v) is 9.12. The number of rotatable bonds is 8. The van der Waals surface area contributed by atoms with Crippen molar-refractivity contribution in [1.82, 2.24) is 20.5 Å². The van der Waals surface area contributed by atoms with Crippen LogP contribution in [-0.2, 0) is 0 Å². The van der Waals surface area contributed by atoms with E-state index >= 15 is 0 Å². The van der Waals surface area contributed by atoms with Crippen LogP contribution in [0.15, 0.2) is 96.6 Å². The van der Waals surface area contributed by atoms with Crippen LogP contribution < -0.4 is 10.6 Å². The topological polar surface area (TPSA) is 40.2 Å². The Balaban J connectivity index is 1.55. The average Bonchev–Trinajstić information content (AvgIpc) is 3.24. The summed E-state index contributed by atoms with van der Waals surface area (Å²) in [6, 6.07) is 2.59. The molecule has 4 rings (SSSR count). The van der Waals surface area contributed by atoms with Gasteiger partial charge in [0.05, 0.1) is 17.4 Å². The van der Waals surface area contributed by atoms with Gasteiger partial charge in [-0.3, -0.25) is 4.98 Å². The van der Waals surface area contributed by atoms with Gasteiger partial charge in [-0.05, 0) is 62.1 Å². The van der Waals surface area contributed by atoms with Crippen LogP contribution in [0.4, 0.5) is 0 Å². The fourth-order valence-electron chi connectivity index (χ4n) is 4.75. The average molecular weight is 441 g/mol. The predicted octanol–water partition coefficient (Wildman–Crippen LogP) is 5.97. The van der Waals surface area contributed by atoms with E-state index in [4.69, 9.17) is 0 Å². The Bertz CT molecular complexity index is 1080. The van der Waals surface area contributed by atoms with Crippen LogP contribution in [0.2, 0.25) is 0 Å². The standard InChI is InChI=1S/C29H36N4/c1-6-21(4)29(7-2)33-19-25(24-14-20(3)16-30-17-24)15-28(22(33)5)31-13-12-23-18-32-27-11-9-8-10-26(23)27/h7-11,14-19,21,26-27,31-32H,5-6,12-13H2,1-4H3/b29-7-. The van der Waals surface area contributed by atoms with E-state index in [2.05, 4.69) is 110 Å². The highest BCUT2D eigenvalue weighted by Gasteiger charge is 2.27. The van der Waals surface area contributed by atoms with E-state index in [0.717, 1.165) is 47.5 Å². The smallest absolute Gasteiger partial charge is 0.0612 e. The summed E-state index contributed by atoms with van der Waals surface area (Å²) in [4.78, 5) is 6.68. The Morgan fingerprint density at radius 2 is 2.12 bits per heavy atom. The molecule has 1 aromatic rings. The fraction of sp³-hybridized carbons (Fsp3) is 0.345. The van der Waals surface area contributed by atoms with E-state index in [9.17, 15) is 0 Å². The summed E-state index contributed by atoms with van der Waals surface area (Å²) in [5, 5.41) is 7.19. The van der Waals surface area contributed by atoms with Crippen LogP contribution in [0.25, 0.3) is 5.57 Å². The van der Waals surface area contributed by atoms with Crippen LogP contribution in [0, 0.1) is 18.8 Å². The molecule has 0 bridgehead atoms. The molecule has 2 N–H and O–H groups in total. The number of nitrogens with one attached hydrogen (secondary N) is 2. The van der Waals surface area contributed by atoms with Gasteiger partial charge in [0.2, 0.25) is 0 Å². The molecule has 4 nitrogen and oxygen atoms in total. The van der Waals surface area contributed by atoms with Crippen LogP contribution in [0.5, 0.6) is 0 Å². The summed E-state index contributed by atoms with van der Waals surface area (Å²) in [7, 11) is 0. The minimum Gasteiger partial charge on any atom is -0.384 e. The number of aryl methyl sites for hydroxylation is 1. The number of pyridine rings is 1. The molecule has 0 spiro atoms. The van der Waals surface area contributed by atoms with Crippen molar-refractivity contribution in [2.75, 3.05) is 6.54 Å². The lowest BCUT2D eigenvalue weighted by molar-refractivity contribution is 0.463. The highest BCUT2D eigenvalue weighted by atomic mass is 15.2. The molecule has 0 fully saturated rings. The molecule has 0 radical (unpaired) electrons. The van der Waals surface area contributed by atoms with Crippen molar-refractivity contribution in [3.05, 3.63) is 108 Å². The first kappa shape index (κ1) is 22.9. The molecule has 2 aliphatic heterocycles. The van der Waals surface area contributed by atoms with Gasteiger partial charge in [0.1, 0.15) is 0 Å². The zero-order valence-electron chi connectivity index (χ0n) is 20.3. The van der Waals surface area contributed by atoms with E-state index in [1.165, 1.54) is 11.3 Å². The zero-order valence-corrected chi connectivity index (χ0v) is 20.3. The maximum Gasteiger partial charge on any atom is 0.0612 e. The molecule has 3 atom stereocenters. The Labute approximate surface area is 198 Å². The van der Waals surface area contributed by atoms with Crippen LogP contribution in [-0.4, -0.2) is 22.5 Å². The molecule has 1 aliphatic carbocycles. The van der Waals surface area contributed by atoms with Crippen molar-refractivity contribution >= 4 is 5.57 Å². The van der Waals surface area contributed by atoms with Gasteiger partial charge in [0, 0.05) is 47.9 Å². The first-order valence-corrected chi connectivity index (χ1v) is 12.1. The predicted molar refractivity (Wildman–Crippen MR) is 139 cm³/mol. The van der Waals surface area contributed by atoms with Crippen LogP contribution in [0.3, 0.4) is 0 Å². The number of hydrogen-bond acceptors (Lipinski definition) is 4. The van der Waals surface area contributed by atoms with Gasteiger partial charge >= 0.3 is 0 Å². The molecular formula is C29H36N4. The number of fused-ring (bicyclic) bond motifs is 1. The van der Waals surface area contributed by atoms with Gasteiger partial charge in [-0.15, -0.1) is 0 Å². The summed E-state index contributed by atoms with van der Waals surface area (Å²) in [5.74, 6) is 0.905. The Kier molecular flexibility index (Phi) is 7.02. The van der Waals surface area contributed by atoms with E-state index in [1.807, 2.05) is 12.4 Å². The van der Waals surface area contributed by atoms with Gasteiger partial charge in [-0.2, -0.15) is 0 Å². The van der Waals surface area contributed by atoms with Gasteiger partial charge in [-0.25, -0.2) is 0 Å². The molecule has 3 heterocycles. The third-order valence-corrected chi connectivity index (χ3v) is 6.82. The third-order valence-electron chi connectivity index (χ3n) is 6.82. The minimum absolute atomic E-state index is 0.403. The lowest BCUT2D eigenvalue weighted by atomic mass is 9.90. The quantitative estimate of drug-likeness (QED) is 0.522. The fourth-order valence-corrected chi connectivity index (χ4v) is 4.75. The SMILES string of the molecule is C=C1C(NCCC2=CNC3C=CC=CC23)=CC(c2cncc(C)c2)=CN1/C(=C\C)C(C)CC. The summed E-state index contributed by atoms with van der Waals surface area (Å²) < 4.78 is 0. The summed E-state index contributed by atoms with van der Waals surface area (Å²) in [5.41, 5.74) is 8.20. The molecule has 1 aromatic heterocycles. The van der Waals surface area contributed by atoms with Crippen LogP contribution >= 0.6 is 0 Å². The summed E-state index contributed by atoms with van der Waals surface area (Å²) >= 11 is 0. The number of aromatic nitrogens is 1. The van der Waals surface area contributed by atoms with Gasteiger partial charge < -0.3 is 15.5 Å². The highest BCUT2D eigenvalue weighted by molar-refractivity contribution is 5.77. The van der Waals surface area contributed by atoms with E-state index in [1.54, 1.807) is 0 Å². The van der Waals surface area contributed by atoms with E-state index in [-0.39, 0.29) is 0 Å². The summed E-state index contributed by atoms with van der Waals surface area (Å²) in [6.45, 7) is 14.0. The molecule has 33 heavy (non-hydrogen) atoms. The molecular weight excluding hydrogens is 404 g/mol. The number of nitrogens with zero attached hydrogens (tertiary/aromatic N) is 2. The maximum absolute atomic E-state index is 4.47. The first-order valence-electron chi connectivity index (χ1n) is 12.1. The lowest BCUT2D eigenvalue weighted by Crippen LogP contribution is -2.30. The molecule has 172 valence electrons. The number of allylic oxidation sites excluding steroid dienone is 6. The van der Waals surface area contributed by atoms with Gasteiger partial charge in [0.15, 0.2) is 0 Å². The molecule has 3 aliphatic rings. The molecule has 0 saturated carbocycles. The van der Waals surface area contributed by atoms with Crippen molar-refractivity contribution in [2.45, 2.75) is 46.6 Å². The molecule has 0 amide bonds. The lowest BCUT2D eigenvalue weighted by Gasteiger charge is -2.34. The first-order chi connectivity index (χ1) is 16.0. The van der Waals surface area contributed by atoms with Crippen molar-refractivity contribution in [3.8, 4) is 0 Å². The van der Waals surface area contributed by atoms with Crippen molar-refractivity contribution in [1.29, 1.82) is 0 Å². The molecule has 0 saturated heterocycles. The van der Waals surface area contributed by atoms with Gasteiger partial charge in [-0.1, -0.05) is 50.8 Å². The molecule has 4 heteroatoms. The van der Waals surface area contributed by atoms with Crippen molar-refractivity contribution < 1.29 is 0 Å².